The average molecular weight is 244 g/mol. The number of fused-ring (bicyclic) bond motifs is 1. The van der Waals surface area contributed by atoms with Gasteiger partial charge < -0.3 is 4.40 Å². The molecule has 0 aliphatic heterocycles. The fourth-order valence-electron chi connectivity index (χ4n) is 0.925. The Labute approximate surface area is 72.0 Å². The minimum absolute atomic E-state index is 1.22. The predicted molar refractivity (Wildman–Crippen MR) is 47.9 cm³/mol. The maximum Gasteiger partial charge on any atom is 0.0990 e. The fourth-order valence-corrected chi connectivity index (χ4v) is 1.54. The average Bonchev–Trinajstić information content (AvgIpc) is 2.34. The van der Waals surface area contributed by atoms with E-state index >= 15 is 0 Å². The van der Waals surface area contributed by atoms with Gasteiger partial charge in [0.1, 0.15) is 0 Å². The maximum absolute atomic E-state index is 3.99. The second-order valence-corrected chi connectivity index (χ2v) is 3.20. The van der Waals surface area contributed by atoms with Crippen molar-refractivity contribution in [2.75, 3.05) is 0 Å². The summed E-state index contributed by atoms with van der Waals surface area (Å²) in [7, 11) is 0. The molecule has 10 heavy (non-hydrogen) atoms. The zero-order chi connectivity index (χ0) is 6.97. The van der Waals surface area contributed by atoms with Gasteiger partial charge in [-0.1, -0.05) is 0 Å². The van der Waals surface area contributed by atoms with Gasteiger partial charge >= 0.3 is 0 Å². The maximum atomic E-state index is 3.99. The summed E-state index contributed by atoms with van der Waals surface area (Å²) < 4.78 is 3.27. The molecular weight excluding hydrogens is 239 g/mol. The number of halogens is 1. The molecule has 0 fully saturated rings. The van der Waals surface area contributed by atoms with E-state index in [-0.39, 0.29) is 0 Å². The number of nitrogens with zero attached hydrogens (tertiary/aromatic N) is 2. The van der Waals surface area contributed by atoms with Gasteiger partial charge in [-0.25, -0.2) is 4.98 Å². The van der Waals surface area contributed by atoms with Crippen molar-refractivity contribution in [3.8, 4) is 0 Å². The number of hydrogen-bond donors (Lipinski definition) is 0. The van der Waals surface area contributed by atoms with Gasteiger partial charge in [-0.3, -0.25) is 0 Å². The molecule has 0 saturated heterocycles. The Hall–Kier alpha value is -0.580. The molecule has 2 aromatic rings. The third kappa shape index (κ3) is 0.811. The van der Waals surface area contributed by atoms with Crippen LogP contribution in [0.3, 0.4) is 0 Å². The first kappa shape index (κ1) is 6.15. The Morgan fingerprint density at radius 1 is 1.40 bits per heavy atom. The van der Waals surface area contributed by atoms with Crippen molar-refractivity contribution < 1.29 is 0 Å². The van der Waals surface area contributed by atoms with Crippen LogP contribution in [0.1, 0.15) is 0 Å². The molecule has 0 aromatic carbocycles. The second kappa shape index (κ2) is 2.23. The molecule has 0 unspecified atom stereocenters. The number of aromatic nitrogens is 2. The molecule has 0 amide bonds. The van der Waals surface area contributed by atoms with Gasteiger partial charge in [-0.15, -0.1) is 0 Å². The van der Waals surface area contributed by atoms with E-state index in [1.54, 1.807) is 12.5 Å². The highest BCUT2D eigenvalue weighted by Gasteiger charge is 1.94. The monoisotopic (exact) mass is 244 g/mol. The smallest absolute Gasteiger partial charge is 0.0990 e. The van der Waals surface area contributed by atoms with Gasteiger partial charge in [0.05, 0.1) is 11.8 Å². The van der Waals surface area contributed by atoms with Crippen molar-refractivity contribution in [3.05, 3.63) is 34.4 Å². The molecule has 50 valence electrons. The second-order valence-electron chi connectivity index (χ2n) is 2.04. The molecular formula is C7H5IN2. The third-order valence-electron chi connectivity index (χ3n) is 1.41. The Balaban J connectivity index is 2.93. The summed E-state index contributed by atoms with van der Waals surface area (Å²) in [5.74, 6) is 0. The molecule has 0 saturated carbocycles. The first-order chi connectivity index (χ1) is 4.88. The van der Waals surface area contributed by atoms with Gasteiger partial charge in [0.25, 0.3) is 0 Å². The zero-order valence-corrected chi connectivity index (χ0v) is 7.32. The van der Waals surface area contributed by atoms with Crippen LogP contribution < -0.4 is 0 Å². The van der Waals surface area contributed by atoms with E-state index < -0.39 is 0 Å². The Morgan fingerprint density at radius 2 is 2.30 bits per heavy atom. The first-order valence-electron chi connectivity index (χ1n) is 2.94. The summed E-state index contributed by atoms with van der Waals surface area (Å²) in [5.41, 5.74) is 1.22. The quantitative estimate of drug-likeness (QED) is 0.647. The normalized spacial score (nSPS) is 10.5. The van der Waals surface area contributed by atoms with Crippen LogP contribution in [0.4, 0.5) is 0 Å². The summed E-state index contributed by atoms with van der Waals surface area (Å²) in [5, 5.41) is 0. The Bertz CT molecular complexity index is 353. The SMILES string of the molecule is Ic1ccn2cnccc12. The standard InChI is InChI=1S/C7H5IN2/c8-6-2-4-10-5-9-3-1-7(6)10/h1-5H. The fraction of sp³-hybridized carbons (Fsp3) is 0. The molecule has 0 N–H and O–H groups in total. The highest BCUT2D eigenvalue weighted by atomic mass is 127. The van der Waals surface area contributed by atoms with E-state index in [4.69, 9.17) is 0 Å². The van der Waals surface area contributed by atoms with Crippen molar-refractivity contribution in [1.82, 2.24) is 9.38 Å². The topological polar surface area (TPSA) is 17.3 Å². The summed E-state index contributed by atoms with van der Waals surface area (Å²) in [6.45, 7) is 0. The molecule has 0 atom stereocenters. The van der Waals surface area contributed by atoms with E-state index in [9.17, 15) is 0 Å². The van der Waals surface area contributed by atoms with Crippen LogP contribution in [-0.2, 0) is 0 Å². The summed E-state index contributed by atoms with van der Waals surface area (Å²) in [6, 6.07) is 4.07. The Kier molecular flexibility index (Phi) is 1.37. The van der Waals surface area contributed by atoms with Crippen LogP contribution in [0, 0.1) is 3.57 Å². The van der Waals surface area contributed by atoms with Gasteiger partial charge in [0.15, 0.2) is 0 Å². The summed E-state index contributed by atoms with van der Waals surface area (Å²) in [6.07, 6.45) is 5.61. The lowest BCUT2D eigenvalue weighted by Gasteiger charge is -1.90. The van der Waals surface area contributed by atoms with Crippen LogP contribution in [0.5, 0.6) is 0 Å². The number of hydrogen-bond acceptors (Lipinski definition) is 1. The highest BCUT2D eigenvalue weighted by Crippen LogP contribution is 2.12. The van der Waals surface area contributed by atoms with E-state index in [1.807, 2.05) is 16.7 Å². The molecule has 3 heteroatoms. The summed E-state index contributed by atoms with van der Waals surface area (Å²) in [4.78, 5) is 3.99. The van der Waals surface area contributed by atoms with Gasteiger partial charge in [-0.05, 0) is 34.7 Å². The lowest BCUT2D eigenvalue weighted by Crippen LogP contribution is -1.81. The Morgan fingerprint density at radius 3 is 3.10 bits per heavy atom. The first-order valence-corrected chi connectivity index (χ1v) is 4.02. The molecule has 0 radical (unpaired) electrons. The van der Waals surface area contributed by atoms with E-state index in [0.717, 1.165) is 0 Å². The molecule has 0 spiro atoms. The van der Waals surface area contributed by atoms with E-state index in [0.29, 0.717) is 0 Å². The van der Waals surface area contributed by atoms with Crippen molar-refractivity contribution in [3.63, 3.8) is 0 Å². The van der Waals surface area contributed by atoms with E-state index in [2.05, 4.69) is 33.6 Å². The predicted octanol–water partition coefficient (Wildman–Crippen LogP) is 1.94. The third-order valence-corrected chi connectivity index (χ3v) is 2.33. The minimum Gasteiger partial charge on any atom is -0.307 e. The van der Waals surface area contributed by atoms with Crippen molar-refractivity contribution in [1.29, 1.82) is 0 Å². The van der Waals surface area contributed by atoms with Gasteiger partial charge in [0, 0.05) is 16.0 Å². The van der Waals surface area contributed by atoms with Crippen LogP contribution >= 0.6 is 22.6 Å². The van der Waals surface area contributed by atoms with Crippen LogP contribution in [-0.4, -0.2) is 9.38 Å². The lowest BCUT2D eigenvalue weighted by atomic mass is 10.5. The van der Waals surface area contributed by atoms with E-state index in [1.165, 1.54) is 9.09 Å². The van der Waals surface area contributed by atoms with Crippen LogP contribution in [0.25, 0.3) is 5.52 Å². The molecule has 2 heterocycles. The molecule has 0 bridgehead atoms. The van der Waals surface area contributed by atoms with Crippen LogP contribution in [0.2, 0.25) is 0 Å². The van der Waals surface area contributed by atoms with Crippen molar-refractivity contribution in [2.24, 2.45) is 0 Å². The van der Waals surface area contributed by atoms with Gasteiger partial charge in [-0.2, -0.15) is 0 Å². The highest BCUT2D eigenvalue weighted by molar-refractivity contribution is 14.1. The molecule has 2 nitrogen and oxygen atoms in total. The number of rotatable bonds is 0. The molecule has 2 aromatic heterocycles. The summed E-state index contributed by atoms with van der Waals surface area (Å²) >= 11 is 2.30. The molecule has 0 aliphatic rings. The van der Waals surface area contributed by atoms with Crippen molar-refractivity contribution >= 4 is 28.1 Å². The largest absolute Gasteiger partial charge is 0.307 e. The molecule has 0 aliphatic carbocycles. The zero-order valence-electron chi connectivity index (χ0n) is 5.16. The minimum atomic E-state index is 1.22. The van der Waals surface area contributed by atoms with Crippen molar-refractivity contribution in [2.45, 2.75) is 0 Å². The lowest BCUT2D eigenvalue weighted by molar-refractivity contribution is 1.09. The van der Waals surface area contributed by atoms with Crippen LogP contribution in [0.15, 0.2) is 30.9 Å². The molecule has 2 rings (SSSR count). The van der Waals surface area contributed by atoms with Gasteiger partial charge in [0.2, 0.25) is 0 Å².